The molecule has 12 heavy (non-hydrogen) atoms. The lowest BCUT2D eigenvalue weighted by Crippen LogP contribution is -2.29. The van der Waals surface area contributed by atoms with Gasteiger partial charge in [-0.15, -0.1) is 0 Å². The third kappa shape index (κ3) is 1.98. The fourth-order valence-electron chi connectivity index (χ4n) is 1.22. The quantitative estimate of drug-likeness (QED) is 0.527. The first kappa shape index (κ1) is 9.06. The van der Waals surface area contributed by atoms with Crippen molar-refractivity contribution in [1.29, 1.82) is 0 Å². The zero-order valence-corrected chi connectivity index (χ0v) is 7.00. The molecule has 0 heterocycles. The van der Waals surface area contributed by atoms with Gasteiger partial charge in [0.1, 0.15) is 6.23 Å². The van der Waals surface area contributed by atoms with Gasteiger partial charge in [-0.1, -0.05) is 0 Å². The van der Waals surface area contributed by atoms with Gasteiger partial charge in [0.25, 0.3) is 0 Å². The number of Topliss-reactive ketones (excluding diaryl/α,β-unsaturated/α-hetero) is 1. The molecule has 0 fully saturated rings. The van der Waals surface area contributed by atoms with Gasteiger partial charge in [-0.25, -0.2) is 0 Å². The van der Waals surface area contributed by atoms with Crippen LogP contribution in [0.15, 0.2) is 11.5 Å². The van der Waals surface area contributed by atoms with Gasteiger partial charge in [0.05, 0.1) is 5.70 Å². The van der Waals surface area contributed by atoms with E-state index in [4.69, 9.17) is 5.11 Å². The van der Waals surface area contributed by atoms with Crippen molar-refractivity contribution in [2.24, 2.45) is 0 Å². The van der Waals surface area contributed by atoms with Crippen molar-refractivity contribution in [3.8, 4) is 0 Å². The van der Waals surface area contributed by atoms with Gasteiger partial charge in [-0.05, 0) is 19.8 Å². The zero-order valence-electron chi connectivity index (χ0n) is 7.00. The van der Waals surface area contributed by atoms with E-state index in [2.05, 4.69) is 5.32 Å². The maximum Gasteiger partial charge on any atom is 0.198 e. The van der Waals surface area contributed by atoms with Crippen LogP contribution in [-0.2, 0) is 4.79 Å². The van der Waals surface area contributed by atoms with E-state index in [9.17, 15) is 9.90 Å². The number of carbonyl (C=O) groups excluding carboxylic acids is 1. The number of aliphatic hydroxyl groups excluding tert-OH is 2. The minimum atomic E-state index is -0.729. The minimum absolute atomic E-state index is 0.220. The first-order valence-electron chi connectivity index (χ1n) is 4.01. The van der Waals surface area contributed by atoms with Gasteiger partial charge in [0.15, 0.2) is 11.5 Å². The normalized spacial score (nSPS) is 21.0. The Kier molecular flexibility index (Phi) is 2.70. The van der Waals surface area contributed by atoms with Gasteiger partial charge in [0, 0.05) is 6.42 Å². The summed E-state index contributed by atoms with van der Waals surface area (Å²) in [6.07, 6.45) is 1.03. The molecule has 0 bridgehead atoms. The van der Waals surface area contributed by atoms with Crippen molar-refractivity contribution in [3.05, 3.63) is 11.5 Å². The largest absolute Gasteiger partial charge is 0.503 e. The number of rotatable bonds is 2. The fourth-order valence-corrected chi connectivity index (χ4v) is 1.22. The second-order valence-corrected chi connectivity index (χ2v) is 2.92. The van der Waals surface area contributed by atoms with Crippen LogP contribution < -0.4 is 5.32 Å². The molecule has 1 rings (SSSR count). The van der Waals surface area contributed by atoms with Crippen molar-refractivity contribution in [2.75, 3.05) is 0 Å². The maximum atomic E-state index is 11.0. The van der Waals surface area contributed by atoms with Crippen LogP contribution in [0.2, 0.25) is 0 Å². The van der Waals surface area contributed by atoms with Crippen LogP contribution in [0.1, 0.15) is 26.2 Å². The Bertz CT molecular complexity index is 220. The smallest absolute Gasteiger partial charge is 0.198 e. The fraction of sp³-hybridized carbons (Fsp3) is 0.625. The molecule has 4 nitrogen and oxygen atoms in total. The molecule has 1 aliphatic rings. The average molecular weight is 171 g/mol. The van der Waals surface area contributed by atoms with Gasteiger partial charge >= 0.3 is 0 Å². The number of hydrogen-bond donors (Lipinski definition) is 3. The lowest BCUT2D eigenvalue weighted by atomic mass is 10.0. The third-order valence-electron chi connectivity index (χ3n) is 1.76. The van der Waals surface area contributed by atoms with Crippen molar-refractivity contribution in [1.82, 2.24) is 5.32 Å². The highest BCUT2D eigenvalue weighted by molar-refractivity contribution is 5.94. The SMILES string of the molecule is CC(O)NC1=C(O)C(=O)CCC1. The molecule has 0 aliphatic heterocycles. The minimum Gasteiger partial charge on any atom is -0.503 e. The molecule has 1 atom stereocenters. The van der Waals surface area contributed by atoms with E-state index in [0.29, 0.717) is 18.5 Å². The molecular formula is C8H13NO3. The Morgan fingerprint density at radius 3 is 2.75 bits per heavy atom. The molecule has 0 spiro atoms. The van der Waals surface area contributed by atoms with E-state index in [1.807, 2.05) is 0 Å². The van der Waals surface area contributed by atoms with E-state index in [1.165, 1.54) is 0 Å². The van der Waals surface area contributed by atoms with E-state index in [1.54, 1.807) is 6.92 Å². The van der Waals surface area contributed by atoms with Gasteiger partial charge in [-0.2, -0.15) is 0 Å². The van der Waals surface area contributed by atoms with E-state index in [0.717, 1.165) is 6.42 Å². The number of aliphatic hydroxyl groups is 2. The Morgan fingerprint density at radius 1 is 1.50 bits per heavy atom. The molecule has 1 unspecified atom stereocenters. The third-order valence-corrected chi connectivity index (χ3v) is 1.76. The Hall–Kier alpha value is -1.03. The molecular weight excluding hydrogens is 158 g/mol. The standard InChI is InChI=1S/C8H13NO3/c1-5(10)9-6-3-2-4-7(11)8(6)12/h5,9-10,12H,2-4H2,1H3. The number of hydrogen-bond acceptors (Lipinski definition) is 4. The van der Waals surface area contributed by atoms with E-state index in [-0.39, 0.29) is 11.5 Å². The monoisotopic (exact) mass is 171 g/mol. The van der Waals surface area contributed by atoms with E-state index < -0.39 is 6.23 Å². The number of ketones is 1. The molecule has 0 saturated heterocycles. The summed E-state index contributed by atoms with van der Waals surface area (Å²) in [7, 11) is 0. The lowest BCUT2D eigenvalue weighted by molar-refractivity contribution is -0.118. The van der Waals surface area contributed by atoms with Crippen LogP contribution in [0.3, 0.4) is 0 Å². The van der Waals surface area contributed by atoms with E-state index >= 15 is 0 Å². The predicted molar refractivity (Wildman–Crippen MR) is 43.3 cm³/mol. The van der Waals surface area contributed by atoms with Crippen molar-refractivity contribution in [3.63, 3.8) is 0 Å². The van der Waals surface area contributed by atoms with Crippen LogP contribution in [0.5, 0.6) is 0 Å². The summed E-state index contributed by atoms with van der Waals surface area (Å²) in [5, 5.41) is 20.8. The molecule has 0 aromatic rings. The molecule has 0 saturated carbocycles. The summed E-state index contributed by atoms with van der Waals surface area (Å²) in [5.41, 5.74) is 0.459. The lowest BCUT2D eigenvalue weighted by Gasteiger charge is -2.18. The van der Waals surface area contributed by atoms with Gasteiger partial charge < -0.3 is 15.5 Å². The Balaban J connectivity index is 2.71. The predicted octanol–water partition coefficient (Wildman–Crippen LogP) is 0.437. The number of carbonyl (C=O) groups is 1. The summed E-state index contributed by atoms with van der Waals surface area (Å²) in [4.78, 5) is 11.0. The first-order valence-corrected chi connectivity index (χ1v) is 4.01. The van der Waals surface area contributed by atoms with Crippen LogP contribution in [0, 0.1) is 0 Å². The van der Waals surface area contributed by atoms with Crippen molar-refractivity contribution < 1.29 is 15.0 Å². The van der Waals surface area contributed by atoms with Crippen LogP contribution >= 0.6 is 0 Å². The molecule has 1 aliphatic carbocycles. The molecule has 3 N–H and O–H groups in total. The first-order chi connectivity index (χ1) is 5.61. The van der Waals surface area contributed by atoms with Gasteiger partial charge in [0.2, 0.25) is 0 Å². The summed E-state index contributed by atoms with van der Waals surface area (Å²) in [5.74, 6) is -0.466. The molecule has 0 aromatic carbocycles. The number of allylic oxidation sites excluding steroid dienone is 2. The van der Waals surface area contributed by atoms with Gasteiger partial charge in [-0.3, -0.25) is 4.79 Å². The van der Waals surface area contributed by atoms with Crippen LogP contribution in [-0.4, -0.2) is 22.2 Å². The molecule has 0 aromatic heterocycles. The van der Waals surface area contributed by atoms with Crippen LogP contribution in [0.25, 0.3) is 0 Å². The average Bonchev–Trinajstić information content (AvgIpc) is 1.98. The highest BCUT2D eigenvalue weighted by Gasteiger charge is 2.19. The summed E-state index contributed by atoms with van der Waals surface area (Å²) in [6, 6.07) is 0. The Labute approximate surface area is 70.9 Å². The number of nitrogens with one attached hydrogen (secondary N) is 1. The highest BCUT2D eigenvalue weighted by atomic mass is 16.3. The Morgan fingerprint density at radius 2 is 2.17 bits per heavy atom. The van der Waals surface area contributed by atoms with Crippen LogP contribution in [0.4, 0.5) is 0 Å². The molecule has 4 heteroatoms. The molecule has 0 radical (unpaired) electrons. The zero-order chi connectivity index (χ0) is 9.14. The molecule has 68 valence electrons. The van der Waals surface area contributed by atoms with Crippen molar-refractivity contribution in [2.45, 2.75) is 32.4 Å². The summed E-state index contributed by atoms with van der Waals surface area (Å²) < 4.78 is 0. The van der Waals surface area contributed by atoms with Crippen molar-refractivity contribution >= 4 is 5.78 Å². The summed E-state index contributed by atoms with van der Waals surface area (Å²) >= 11 is 0. The molecule has 0 amide bonds. The second kappa shape index (κ2) is 3.58. The maximum absolute atomic E-state index is 11.0. The topological polar surface area (TPSA) is 69.6 Å². The second-order valence-electron chi connectivity index (χ2n) is 2.92. The summed E-state index contributed by atoms with van der Waals surface area (Å²) in [6.45, 7) is 1.54. The highest BCUT2D eigenvalue weighted by Crippen LogP contribution is 2.17.